The SMILES string of the molecule is CCOC(=O)C[C@@H]1O[C@H](c2ccccc2)CC1=O. The first-order valence-corrected chi connectivity index (χ1v) is 6.09. The number of benzene rings is 1. The Kier molecular flexibility index (Phi) is 4.10. The molecule has 4 nitrogen and oxygen atoms in total. The van der Waals surface area contributed by atoms with E-state index in [0.717, 1.165) is 5.56 Å². The maximum atomic E-state index is 11.8. The van der Waals surface area contributed by atoms with Crippen LogP contribution in [0.5, 0.6) is 0 Å². The molecular weight excluding hydrogens is 232 g/mol. The lowest BCUT2D eigenvalue weighted by molar-refractivity contribution is -0.148. The van der Waals surface area contributed by atoms with Gasteiger partial charge in [0, 0.05) is 6.42 Å². The minimum Gasteiger partial charge on any atom is -0.466 e. The molecule has 0 unspecified atom stereocenters. The summed E-state index contributed by atoms with van der Waals surface area (Å²) in [6, 6.07) is 9.56. The molecule has 96 valence electrons. The average Bonchev–Trinajstić information content (AvgIpc) is 2.72. The third kappa shape index (κ3) is 2.96. The number of ether oxygens (including phenoxy) is 2. The van der Waals surface area contributed by atoms with Crippen LogP contribution in [-0.2, 0) is 19.1 Å². The summed E-state index contributed by atoms with van der Waals surface area (Å²) in [6.07, 6.45) is -0.559. The maximum Gasteiger partial charge on any atom is 0.308 e. The molecule has 18 heavy (non-hydrogen) atoms. The van der Waals surface area contributed by atoms with Gasteiger partial charge in [-0.05, 0) is 12.5 Å². The van der Waals surface area contributed by atoms with Gasteiger partial charge < -0.3 is 9.47 Å². The van der Waals surface area contributed by atoms with Crippen molar-refractivity contribution in [2.45, 2.75) is 32.0 Å². The number of hydrogen-bond acceptors (Lipinski definition) is 4. The Hall–Kier alpha value is -1.68. The fourth-order valence-electron chi connectivity index (χ4n) is 2.03. The average molecular weight is 248 g/mol. The van der Waals surface area contributed by atoms with Gasteiger partial charge in [0.2, 0.25) is 0 Å². The van der Waals surface area contributed by atoms with E-state index in [1.165, 1.54) is 0 Å². The topological polar surface area (TPSA) is 52.6 Å². The summed E-state index contributed by atoms with van der Waals surface area (Å²) in [5.74, 6) is -0.415. The van der Waals surface area contributed by atoms with E-state index in [4.69, 9.17) is 9.47 Å². The summed E-state index contributed by atoms with van der Waals surface area (Å²) in [7, 11) is 0. The molecule has 1 aromatic carbocycles. The third-order valence-electron chi connectivity index (χ3n) is 2.90. The molecule has 2 rings (SSSR count). The summed E-state index contributed by atoms with van der Waals surface area (Å²) >= 11 is 0. The van der Waals surface area contributed by atoms with Crippen LogP contribution >= 0.6 is 0 Å². The first-order chi connectivity index (χ1) is 8.70. The van der Waals surface area contributed by atoms with E-state index < -0.39 is 6.10 Å². The van der Waals surface area contributed by atoms with Crippen molar-refractivity contribution < 1.29 is 19.1 Å². The molecular formula is C14H16O4. The molecule has 4 heteroatoms. The largest absolute Gasteiger partial charge is 0.466 e. The molecule has 0 aromatic heterocycles. The summed E-state index contributed by atoms with van der Waals surface area (Å²) in [5.41, 5.74) is 0.970. The Balaban J connectivity index is 1.97. The van der Waals surface area contributed by atoms with Crippen molar-refractivity contribution in [2.75, 3.05) is 6.61 Å². The minimum atomic E-state index is -0.658. The normalized spacial score (nSPS) is 23.1. The molecule has 1 aliphatic heterocycles. The summed E-state index contributed by atoms with van der Waals surface area (Å²) < 4.78 is 10.4. The van der Waals surface area contributed by atoms with Crippen molar-refractivity contribution in [3.63, 3.8) is 0 Å². The third-order valence-corrected chi connectivity index (χ3v) is 2.90. The van der Waals surface area contributed by atoms with Gasteiger partial charge in [-0.15, -0.1) is 0 Å². The first-order valence-electron chi connectivity index (χ1n) is 6.09. The van der Waals surface area contributed by atoms with Gasteiger partial charge in [0.1, 0.15) is 6.10 Å². The molecule has 1 aromatic rings. The van der Waals surface area contributed by atoms with Crippen LogP contribution in [0, 0.1) is 0 Å². The molecule has 1 fully saturated rings. The van der Waals surface area contributed by atoms with Crippen LogP contribution < -0.4 is 0 Å². The number of ketones is 1. The summed E-state index contributed by atoms with van der Waals surface area (Å²) in [6.45, 7) is 2.06. The van der Waals surface area contributed by atoms with E-state index >= 15 is 0 Å². The minimum absolute atomic E-state index is 0.00993. The molecule has 2 atom stereocenters. The van der Waals surface area contributed by atoms with Crippen molar-refractivity contribution in [3.8, 4) is 0 Å². The molecule has 0 N–H and O–H groups in total. The van der Waals surface area contributed by atoms with Crippen molar-refractivity contribution in [1.29, 1.82) is 0 Å². The van der Waals surface area contributed by atoms with E-state index in [1.54, 1.807) is 6.92 Å². The van der Waals surface area contributed by atoms with Gasteiger partial charge in [-0.2, -0.15) is 0 Å². The van der Waals surface area contributed by atoms with Crippen LogP contribution in [0.15, 0.2) is 30.3 Å². The Labute approximate surface area is 106 Å². The molecule has 1 aliphatic rings. The van der Waals surface area contributed by atoms with E-state index in [0.29, 0.717) is 13.0 Å². The zero-order valence-corrected chi connectivity index (χ0v) is 10.3. The molecule has 0 aliphatic carbocycles. The molecule has 0 amide bonds. The molecule has 0 bridgehead atoms. The van der Waals surface area contributed by atoms with Crippen LogP contribution in [-0.4, -0.2) is 24.5 Å². The summed E-state index contributed by atoms with van der Waals surface area (Å²) in [4.78, 5) is 23.1. The number of carbonyl (C=O) groups is 2. The molecule has 1 heterocycles. The lowest BCUT2D eigenvalue weighted by Gasteiger charge is -2.12. The number of hydrogen-bond donors (Lipinski definition) is 0. The molecule has 0 radical (unpaired) electrons. The second-order valence-electron chi connectivity index (χ2n) is 4.20. The Bertz CT molecular complexity index is 427. The Morgan fingerprint density at radius 2 is 2.11 bits per heavy atom. The lowest BCUT2D eigenvalue weighted by atomic mass is 10.1. The number of rotatable bonds is 4. The van der Waals surface area contributed by atoms with Gasteiger partial charge in [0.15, 0.2) is 5.78 Å². The van der Waals surface area contributed by atoms with Gasteiger partial charge in [-0.3, -0.25) is 9.59 Å². The summed E-state index contributed by atoms with van der Waals surface area (Å²) in [5, 5.41) is 0. The fraction of sp³-hybridized carbons (Fsp3) is 0.429. The smallest absolute Gasteiger partial charge is 0.308 e. The number of Topliss-reactive ketones (excluding diaryl/α,β-unsaturated/α-hetero) is 1. The highest BCUT2D eigenvalue weighted by atomic mass is 16.5. The van der Waals surface area contributed by atoms with Gasteiger partial charge in [-0.1, -0.05) is 30.3 Å². The number of esters is 1. The number of carbonyl (C=O) groups excluding carboxylic acids is 2. The van der Waals surface area contributed by atoms with Crippen molar-refractivity contribution in [1.82, 2.24) is 0 Å². The molecule has 1 saturated heterocycles. The van der Waals surface area contributed by atoms with E-state index in [1.807, 2.05) is 30.3 Å². The van der Waals surface area contributed by atoms with Gasteiger partial charge >= 0.3 is 5.97 Å². The molecule has 0 spiro atoms. The van der Waals surface area contributed by atoms with Crippen molar-refractivity contribution in [3.05, 3.63) is 35.9 Å². The highest BCUT2D eigenvalue weighted by Gasteiger charge is 2.35. The Morgan fingerprint density at radius 3 is 2.78 bits per heavy atom. The monoisotopic (exact) mass is 248 g/mol. The zero-order chi connectivity index (χ0) is 13.0. The standard InChI is InChI=1S/C14H16O4/c1-2-17-14(16)9-13-11(15)8-12(18-13)10-6-4-3-5-7-10/h3-7,12-13H,2,8-9H2,1H3/t12-,13-/m0/s1. The van der Waals surface area contributed by atoms with Crippen molar-refractivity contribution in [2.24, 2.45) is 0 Å². The van der Waals surface area contributed by atoms with Crippen LogP contribution in [0.1, 0.15) is 31.4 Å². The van der Waals surface area contributed by atoms with Crippen LogP contribution in [0.4, 0.5) is 0 Å². The van der Waals surface area contributed by atoms with E-state index in [-0.39, 0.29) is 24.3 Å². The Morgan fingerprint density at radius 1 is 1.39 bits per heavy atom. The quantitative estimate of drug-likeness (QED) is 0.765. The van der Waals surface area contributed by atoms with E-state index in [2.05, 4.69) is 0 Å². The maximum absolute atomic E-state index is 11.8. The zero-order valence-electron chi connectivity index (χ0n) is 10.3. The highest BCUT2D eigenvalue weighted by Crippen LogP contribution is 2.31. The predicted molar refractivity (Wildman–Crippen MR) is 64.9 cm³/mol. The highest BCUT2D eigenvalue weighted by molar-refractivity contribution is 5.89. The van der Waals surface area contributed by atoms with Crippen LogP contribution in [0.3, 0.4) is 0 Å². The predicted octanol–water partition coefficient (Wildman–Crippen LogP) is 2.04. The van der Waals surface area contributed by atoms with Crippen LogP contribution in [0.2, 0.25) is 0 Å². The lowest BCUT2D eigenvalue weighted by Crippen LogP contribution is -2.21. The first kappa shape index (κ1) is 12.8. The van der Waals surface area contributed by atoms with Crippen LogP contribution in [0.25, 0.3) is 0 Å². The van der Waals surface area contributed by atoms with Gasteiger partial charge in [0.05, 0.1) is 19.1 Å². The second-order valence-corrected chi connectivity index (χ2v) is 4.20. The van der Waals surface area contributed by atoms with Gasteiger partial charge in [0.25, 0.3) is 0 Å². The molecule has 0 saturated carbocycles. The fourth-order valence-corrected chi connectivity index (χ4v) is 2.03. The second kappa shape index (κ2) is 5.78. The van der Waals surface area contributed by atoms with E-state index in [9.17, 15) is 9.59 Å². The van der Waals surface area contributed by atoms with Gasteiger partial charge in [-0.25, -0.2) is 0 Å². The van der Waals surface area contributed by atoms with Crippen molar-refractivity contribution >= 4 is 11.8 Å².